The van der Waals surface area contributed by atoms with Crippen LogP contribution < -0.4 is 0 Å². The monoisotopic (exact) mass is 426 g/mol. The molecule has 0 aromatic heterocycles. The molecular formula is C21H24Cl2O3S. The van der Waals surface area contributed by atoms with Gasteiger partial charge >= 0.3 is 5.97 Å². The first kappa shape index (κ1) is 19.6. The van der Waals surface area contributed by atoms with E-state index < -0.39 is 5.97 Å². The molecule has 2 fully saturated rings. The number of carbonyl (C=O) groups is 2. The summed E-state index contributed by atoms with van der Waals surface area (Å²) in [6.07, 6.45) is 7.59. The summed E-state index contributed by atoms with van der Waals surface area (Å²) in [5, 5.41) is 10.3. The van der Waals surface area contributed by atoms with Gasteiger partial charge in [-0.05, 0) is 56.1 Å². The first-order valence-corrected chi connectivity index (χ1v) is 11.4. The van der Waals surface area contributed by atoms with Crippen molar-refractivity contribution in [1.29, 1.82) is 0 Å². The zero-order valence-corrected chi connectivity index (χ0v) is 17.7. The highest BCUT2D eigenvalue weighted by molar-refractivity contribution is 8.00. The van der Waals surface area contributed by atoms with Crippen LogP contribution in [0.15, 0.2) is 11.0 Å². The minimum atomic E-state index is -0.714. The Morgan fingerprint density at radius 3 is 2.52 bits per heavy atom. The van der Waals surface area contributed by atoms with Crippen molar-refractivity contribution in [3.05, 3.63) is 27.2 Å². The molecule has 1 aromatic carbocycles. The van der Waals surface area contributed by atoms with Crippen LogP contribution in [0.1, 0.15) is 67.8 Å². The number of thioether (sulfide) groups is 1. The Balaban J connectivity index is 1.61. The molecule has 0 amide bonds. The van der Waals surface area contributed by atoms with E-state index in [2.05, 4.69) is 6.92 Å². The predicted octanol–water partition coefficient (Wildman–Crippen LogP) is 6.27. The molecule has 3 atom stereocenters. The van der Waals surface area contributed by atoms with Crippen molar-refractivity contribution in [2.75, 3.05) is 0 Å². The van der Waals surface area contributed by atoms with Gasteiger partial charge in [-0.25, -0.2) is 0 Å². The molecule has 0 heterocycles. The lowest BCUT2D eigenvalue weighted by atomic mass is 9.73. The molecule has 3 nitrogen and oxygen atoms in total. The maximum absolute atomic E-state index is 13.2. The molecule has 3 aliphatic carbocycles. The standard InChI is InChI=1S/C21H24Cl2O3S/c1-21(13-4-2-3-5-13)10-12-9-15(17(22)18(23)16(12)19(21)24)27-14-7-6-11(8-14)20(25)26/h9,11,13-14H,2-8,10H2,1H3,(H,25,26)/t11-,14-,21-/m0/s1. The Labute approximate surface area is 174 Å². The first-order chi connectivity index (χ1) is 12.8. The summed E-state index contributed by atoms with van der Waals surface area (Å²) in [5.74, 6) is -0.401. The van der Waals surface area contributed by atoms with Gasteiger partial charge in [-0.3, -0.25) is 9.59 Å². The Kier molecular flexibility index (Phi) is 5.28. The molecule has 0 saturated heterocycles. The van der Waals surface area contributed by atoms with E-state index in [1.807, 2.05) is 6.07 Å². The average molecular weight is 427 g/mol. The van der Waals surface area contributed by atoms with E-state index in [0.717, 1.165) is 36.1 Å². The van der Waals surface area contributed by atoms with Gasteiger partial charge in [0.25, 0.3) is 0 Å². The topological polar surface area (TPSA) is 54.4 Å². The molecule has 1 N–H and O–H groups in total. The Morgan fingerprint density at radius 1 is 1.19 bits per heavy atom. The van der Waals surface area contributed by atoms with Crippen LogP contribution in [0.3, 0.4) is 0 Å². The van der Waals surface area contributed by atoms with E-state index in [9.17, 15) is 14.7 Å². The van der Waals surface area contributed by atoms with E-state index in [4.69, 9.17) is 23.2 Å². The molecular weight excluding hydrogens is 403 g/mol. The second-order valence-electron chi connectivity index (χ2n) is 8.53. The van der Waals surface area contributed by atoms with E-state index in [-0.39, 0.29) is 22.4 Å². The van der Waals surface area contributed by atoms with Crippen LogP contribution in [0.25, 0.3) is 0 Å². The quantitative estimate of drug-likeness (QED) is 0.615. The number of Topliss-reactive ketones (excluding diaryl/α,β-unsaturated/α-hetero) is 1. The number of carboxylic acids is 1. The molecule has 146 valence electrons. The number of hydrogen-bond acceptors (Lipinski definition) is 3. The second-order valence-corrected chi connectivity index (χ2v) is 10.6. The first-order valence-electron chi connectivity index (χ1n) is 9.76. The fourth-order valence-electron chi connectivity index (χ4n) is 5.23. The number of halogens is 2. The van der Waals surface area contributed by atoms with Crippen molar-refractivity contribution >= 4 is 46.7 Å². The Bertz CT molecular complexity index is 803. The van der Waals surface area contributed by atoms with Gasteiger partial charge in [0.1, 0.15) is 0 Å². The molecule has 1 aromatic rings. The minimum absolute atomic E-state index is 0.152. The van der Waals surface area contributed by atoms with Crippen LogP contribution in [-0.2, 0) is 11.2 Å². The van der Waals surface area contributed by atoms with Gasteiger partial charge in [0.05, 0.1) is 16.0 Å². The lowest BCUT2D eigenvalue weighted by Crippen LogP contribution is -2.32. The van der Waals surface area contributed by atoms with Crippen LogP contribution in [-0.4, -0.2) is 22.1 Å². The fourth-order valence-corrected chi connectivity index (χ4v) is 7.23. The number of ketones is 1. The molecule has 2 saturated carbocycles. The van der Waals surface area contributed by atoms with Gasteiger partial charge in [0.2, 0.25) is 0 Å². The van der Waals surface area contributed by atoms with Crippen LogP contribution in [0, 0.1) is 17.3 Å². The van der Waals surface area contributed by atoms with Crippen LogP contribution in [0.5, 0.6) is 0 Å². The highest BCUT2D eigenvalue weighted by Crippen LogP contribution is 2.53. The van der Waals surface area contributed by atoms with Crippen molar-refractivity contribution in [2.24, 2.45) is 17.3 Å². The second kappa shape index (κ2) is 7.27. The highest BCUT2D eigenvalue weighted by atomic mass is 35.5. The van der Waals surface area contributed by atoms with E-state index in [0.29, 0.717) is 34.4 Å². The normalized spacial score (nSPS) is 30.9. The summed E-state index contributed by atoms with van der Waals surface area (Å²) in [4.78, 5) is 25.3. The van der Waals surface area contributed by atoms with Gasteiger partial charge in [0, 0.05) is 21.1 Å². The summed E-state index contributed by atoms with van der Waals surface area (Å²) < 4.78 is 0. The molecule has 6 heteroatoms. The number of rotatable bonds is 4. The van der Waals surface area contributed by atoms with E-state index in [1.54, 1.807) is 11.8 Å². The summed E-state index contributed by atoms with van der Waals surface area (Å²) in [6.45, 7) is 2.09. The summed E-state index contributed by atoms with van der Waals surface area (Å²) in [7, 11) is 0. The zero-order valence-electron chi connectivity index (χ0n) is 15.4. The fraction of sp³-hybridized carbons (Fsp3) is 0.619. The molecule has 3 aliphatic rings. The summed E-state index contributed by atoms with van der Waals surface area (Å²) in [6, 6.07) is 2.04. The van der Waals surface area contributed by atoms with Gasteiger partial charge in [-0.1, -0.05) is 43.0 Å². The number of aliphatic carboxylic acids is 1. The van der Waals surface area contributed by atoms with Crippen molar-refractivity contribution < 1.29 is 14.7 Å². The molecule has 27 heavy (non-hydrogen) atoms. The number of fused-ring (bicyclic) bond motifs is 1. The molecule has 0 spiro atoms. The van der Waals surface area contributed by atoms with Crippen LogP contribution in [0.2, 0.25) is 10.0 Å². The smallest absolute Gasteiger partial charge is 0.306 e. The third-order valence-corrected chi connectivity index (χ3v) is 9.16. The zero-order chi connectivity index (χ0) is 19.3. The molecule has 4 rings (SSSR count). The Hall–Kier alpha value is -0.710. The van der Waals surface area contributed by atoms with E-state index in [1.165, 1.54) is 12.8 Å². The number of benzene rings is 1. The Morgan fingerprint density at radius 2 is 1.89 bits per heavy atom. The summed E-state index contributed by atoms with van der Waals surface area (Å²) in [5.41, 5.74) is 1.27. The van der Waals surface area contributed by atoms with Gasteiger partial charge in [-0.2, -0.15) is 0 Å². The molecule has 0 aliphatic heterocycles. The molecule has 0 radical (unpaired) electrons. The third kappa shape index (κ3) is 3.32. The number of carbonyl (C=O) groups excluding carboxylic acids is 1. The predicted molar refractivity (Wildman–Crippen MR) is 109 cm³/mol. The van der Waals surface area contributed by atoms with Crippen molar-refractivity contribution in [1.82, 2.24) is 0 Å². The average Bonchev–Trinajstić information content (AvgIpc) is 3.34. The number of hydrogen-bond donors (Lipinski definition) is 1. The molecule has 0 bridgehead atoms. The van der Waals surface area contributed by atoms with Gasteiger partial charge < -0.3 is 5.11 Å². The minimum Gasteiger partial charge on any atom is -0.481 e. The van der Waals surface area contributed by atoms with Crippen molar-refractivity contribution in [2.45, 2.75) is 68.4 Å². The lowest BCUT2D eigenvalue weighted by Gasteiger charge is -2.29. The maximum Gasteiger partial charge on any atom is 0.306 e. The van der Waals surface area contributed by atoms with Crippen molar-refractivity contribution in [3.63, 3.8) is 0 Å². The van der Waals surface area contributed by atoms with Gasteiger partial charge in [-0.15, -0.1) is 11.8 Å². The van der Waals surface area contributed by atoms with Gasteiger partial charge in [0.15, 0.2) is 5.78 Å². The van der Waals surface area contributed by atoms with Crippen LogP contribution in [0.4, 0.5) is 0 Å². The summed E-state index contributed by atoms with van der Waals surface area (Å²) >= 11 is 14.7. The van der Waals surface area contributed by atoms with Crippen LogP contribution >= 0.6 is 35.0 Å². The largest absolute Gasteiger partial charge is 0.481 e. The third-order valence-electron chi connectivity index (χ3n) is 6.84. The van der Waals surface area contributed by atoms with E-state index >= 15 is 0 Å². The maximum atomic E-state index is 13.2. The lowest BCUT2D eigenvalue weighted by molar-refractivity contribution is -0.141. The number of carboxylic acid groups (broad SMARTS) is 1. The molecule has 0 unspecified atom stereocenters. The van der Waals surface area contributed by atoms with Crippen molar-refractivity contribution in [3.8, 4) is 0 Å². The SMILES string of the molecule is C[C@@]1(C2CCCC2)Cc2cc(S[C@H]3CC[C@H](C(=O)O)C3)c(Cl)c(Cl)c2C1=O. The highest BCUT2D eigenvalue weighted by Gasteiger charge is 2.49.